The topological polar surface area (TPSA) is 59.0 Å². The fourth-order valence-corrected chi connectivity index (χ4v) is 4.30. The van der Waals surface area contributed by atoms with Gasteiger partial charge in [0.1, 0.15) is 5.60 Å². The minimum absolute atomic E-state index is 0.139. The highest BCUT2D eigenvalue weighted by atomic mass is 16.6. The smallest absolute Gasteiger partial charge is 0.410 e. The molecule has 5 nitrogen and oxygen atoms in total. The Hall–Kier alpha value is -0.810. The van der Waals surface area contributed by atoms with Crippen molar-refractivity contribution < 1.29 is 19.4 Å². The first-order valence-corrected chi connectivity index (χ1v) is 9.16. The normalized spacial score (nSPS) is 37.7. The summed E-state index contributed by atoms with van der Waals surface area (Å²) in [5.41, 5.74) is -0.438. The van der Waals surface area contributed by atoms with Gasteiger partial charge in [0, 0.05) is 12.1 Å². The van der Waals surface area contributed by atoms with Gasteiger partial charge in [-0.25, -0.2) is 4.79 Å². The van der Waals surface area contributed by atoms with E-state index in [-0.39, 0.29) is 36.5 Å². The highest BCUT2D eigenvalue weighted by Crippen LogP contribution is 2.39. The number of nitrogens with zero attached hydrogens (tertiary/aromatic N) is 1. The van der Waals surface area contributed by atoms with Crippen molar-refractivity contribution in [2.45, 2.75) is 108 Å². The number of ether oxygens (including phenoxy) is 2. The van der Waals surface area contributed by atoms with Gasteiger partial charge < -0.3 is 19.5 Å². The molecule has 1 saturated carbocycles. The molecule has 3 fully saturated rings. The van der Waals surface area contributed by atoms with Crippen molar-refractivity contribution >= 4 is 6.09 Å². The fourth-order valence-electron chi connectivity index (χ4n) is 4.30. The first-order chi connectivity index (χ1) is 10.8. The molecule has 0 aromatic heterocycles. The lowest BCUT2D eigenvalue weighted by molar-refractivity contribution is -0.0829. The number of aliphatic hydroxyl groups excluding tert-OH is 1. The molecule has 1 amide bonds. The predicted molar refractivity (Wildman–Crippen MR) is 87.3 cm³/mol. The van der Waals surface area contributed by atoms with Crippen molar-refractivity contribution in [1.82, 2.24) is 4.90 Å². The zero-order valence-corrected chi connectivity index (χ0v) is 14.7. The molecule has 0 unspecified atom stereocenters. The second-order valence-corrected chi connectivity index (χ2v) is 8.43. The molecule has 3 atom stereocenters. The number of hydrogen-bond acceptors (Lipinski definition) is 4. The lowest BCUT2D eigenvalue weighted by Crippen LogP contribution is -2.50. The maximum atomic E-state index is 12.4. The summed E-state index contributed by atoms with van der Waals surface area (Å²) in [4.78, 5) is 14.4. The van der Waals surface area contributed by atoms with Gasteiger partial charge >= 0.3 is 6.09 Å². The van der Waals surface area contributed by atoms with Gasteiger partial charge in [-0.15, -0.1) is 0 Å². The van der Waals surface area contributed by atoms with Gasteiger partial charge in [0.05, 0.1) is 18.3 Å². The van der Waals surface area contributed by atoms with Crippen LogP contribution in [0.2, 0.25) is 0 Å². The molecule has 1 aliphatic carbocycles. The monoisotopic (exact) mass is 325 g/mol. The largest absolute Gasteiger partial charge is 0.444 e. The average molecular weight is 325 g/mol. The predicted octanol–water partition coefficient (Wildman–Crippen LogP) is 3.24. The molecule has 3 rings (SSSR count). The third kappa shape index (κ3) is 4.18. The first kappa shape index (κ1) is 17.0. The number of hydrogen-bond donors (Lipinski definition) is 1. The van der Waals surface area contributed by atoms with Gasteiger partial charge in [-0.05, 0) is 72.1 Å². The molecule has 23 heavy (non-hydrogen) atoms. The third-order valence-corrected chi connectivity index (χ3v) is 5.32. The van der Waals surface area contributed by atoms with Gasteiger partial charge in [-0.1, -0.05) is 0 Å². The van der Waals surface area contributed by atoms with Gasteiger partial charge in [0.2, 0.25) is 0 Å². The highest BCUT2D eigenvalue weighted by molar-refractivity contribution is 5.69. The van der Waals surface area contributed by atoms with Crippen molar-refractivity contribution in [3.63, 3.8) is 0 Å². The van der Waals surface area contributed by atoms with Crippen molar-refractivity contribution in [2.24, 2.45) is 0 Å². The molecule has 2 saturated heterocycles. The highest BCUT2D eigenvalue weighted by Gasteiger charge is 2.45. The summed E-state index contributed by atoms with van der Waals surface area (Å²) in [7, 11) is 0. The molecule has 2 aliphatic heterocycles. The summed E-state index contributed by atoms with van der Waals surface area (Å²) in [5, 5.41) is 9.60. The molecule has 132 valence electrons. The Kier molecular flexibility index (Phi) is 4.88. The molecule has 0 aromatic rings. The van der Waals surface area contributed by atoms with Crippen LogP contribution in [-0.4, -0.2) is 52.1 Å². The Labute approximate surface area is 139 Å². The lowest BCUT2D eigenvalue weighted by atomic mass is 9.94. The summed E-state index contributed by atoms with van der Waals surface area (Å²) in [6.45, 7) is 5.75. The quantitative estimate of drug-likeness (QED) is 0.847. The van der Waals surface area contributed by atoms with Crippen molar-refractivity contribution in [3.05, 3.63) is 0 Å². The number of amides is 1. The number of piperidine rings is 1. The molecular weight excluding hydrogens is 294 g/mol. The molecule has 2 bridgehead atoms. The fraction of sp³-hybridized carbons (Fsp3) is 0.944. The van der Waals surface area contributed by atoms with E-state index in [1.54, 1.807) is 0 Å². The molecule has 3 aliphatic rings. The van der Waals surface area contributed by atoms with Gasteiger partial charge in [0.15, 0.2) is 0 Å². The Morgan fingerprint density at radius 2 is 1.52 bits per heavy atom. The molecular formula is C18H31NO4. The Morgan fingerprint density at radius 3 is 2.04 bits per heavy atom. The van der Waals surface area contributed by atoms with Crippen LogP contribution in [0.4, 0.5) is 4.79 Å². The molecule has 0 radical (unpaired) electrons. The van der Waals surface area contributed by atoms with Crippen LogP contribution in [0.5, 0.6) is 0 Å². The minimum Gasteiger partial charge on any atom is -0.444 e. The summed E-state index contributed by atoms with van der Waals surface area (Å²) in [5.74, 6) is 0. The van der Waals surface area contributed by atoms with E-state index < -0.39 is 5.60 Å². The molecule has 1 N–H and O–H groups in total. The average Bonchev–Trinajstić information content (AvgIpc) is 2.72. The number of fused-ring (bicyclic) bond motifs is 2. The number of aliphatic hydroxyl groups is 1. The van der Waals surface area contributed by atoms with E-state index >= 15 is 0 Å². The summed E-state index contributed by atoms with van der Waals surface area (Å²) in [6, 6.07) is 0.533. The summed E-state index contributed by atoms with van der Waals surface area (Å²) >= 11 is 0. The molecule has 0 spiro atoms. The van der Waals surface area contributed by atoms with E-state index in [2.05, 4.69) is 0 Å². The Morgan fingerprint density at radius 1 is 0.957 bits per heavy atom. The van der Waals surface area contributed by atoms with Crippen LogP contribution in [0, 0.1) is 0 Å². The number of carbonyl (C=O) groups is 1. The first-order valence-electron chi connectivity index (χ1n) is 9.16. The van der Waals surface area contributed by atoms with Gasteiger partial charge in [-0.3, -0.25) is 0 Å². The van der Waals surface area contributed by atoms with Crippen molar-refractivity contribution in [2.75, 3.05) is 0 Å². The van der Waals surface area contributed by atoms with E-state index in [1.807, 2.05) is 25.7 Å². The van der Waals surface area contributed by atoms with Crippen LogP contribution in [-0.2, 0) is 9.47 Å². The second kappa shape index (κ2) is 6.60. The maximum absolute atomic E-state index is 12.4. The van der Waals surface area contributed by atoms with Gasteiger partial charge in [0.25, 0.3) is 0 Å². The van der Waals surface area contributed by atoms with Crippen LogP contribution in [0.25, 0.3) is 0 Å². The van der Waals surface area contributed by atoms with Crippen LogP contribution in [0.1, 0.15) is 72.1 Å². The van der Waals surface area contributed by atoms with E-state index in [0.717, 1.165) is 51.4 Å². The Balaban J connectivity index is 1.53. The van der Waals surface area contributed by atoms with E-state index in [9.17, 15) is 9.90 Å². The Bertz CT molecular complexity index is 411. The zero-order valence-electron chi connectivity index (χ0n) is 14.7. The standard InChI is InChI=1S/C18H31NO4/c1-18(2,3)23-17(21)19-12-4-5-13(19)11-16(10-12)22-15-8-6-14(20)7-9-15/h12-16,20H,4-11H2,1-3H3/t12-,13+,14-,15-,16-. The van der Waals surface area contributed by atoms with E-state index in [0.29, 0.717) is 0 Å². The van der Waals surface area contributed by atoms with Crippen LogP contribution in [0.3, 0.4) is 0 Å². The van der Waals surface area contributed by atoms with Crippen LogP contribution >= 0.6 is 0 Å². The molecule has 0 aromatic carbocycles. The minimum atomic E-state index is -0.438. The molecule has 2 heterocycles. The van der Waals surface area contributed by atoms with Gasteiger partial charge in [-0.2, -0.15) is 0 Å². The van der Waals surface area contributed by atoms with Crippen molar-refractivity contribution in [3.8, 4) is 0 Å². The van der Waals surface area contributed by atoms with E-state index in [1.165, 1.54) is 0 Å². The second-order valence-electron chi connectivity index (χ2n) is 8.43. The van der Waals surface area contributed by atoms with E-state index in [4.69, 9.17) is 9.47 Å². The summed E-state index contributed by atoms with van der Waals surface area (Å²) < 4.78 is 11.9. The van der Waals surface area contributed by atoms with Crippen LogP contribution < -0.4 is 0 Å². The van der Waals surface area contributed by atoms with Crippen molar-refractivity contribution in [1.29, 1.82) is 0 Å². The SMILES string of the molecule is CC(C)(C)OC(=O)N1[C@@H]2CC[C@H]1C[C@H](O[C@H]1CC[C@H](O)CC1)C2. The van der Waals surface area contributed by atoms with Crippen LogP contribution in [0.15, 0.2) is 0 Å². The summed E-state index contributed by atoms with van der Waals surface area (Å²) in [6.07, 6.45) is 7.85. The third-order valence-electron chi connectivity index (χ3n) is 5.32. The molecule has 5 heteroatoms. The number of rotatable bonds is 2. The zero-order chi connectivity index (χ0) is 16.6. The number of carbonyl (C=O) groups excluding carboxylic acids is 1. The maximum Gasteiger partial charge on any atom is 0.410 e. The lowest BCUT2D eigenvalue weighted by Gasteiger charge is -2.40.